The van der Waals surface area contributed by atoms with Crippen molar-refractivity contribution >= 4 is 21.8 Å². The average molecular weight is 397 g/mol. The zero-order valence-electron chi connectivity index (χ0n) is 15.0. The molecule has 1 aromatic heterocycles. The van der Waals surface area contributed by atoms with Gasteiger partial charge in [0.05, 0.1) is 24.3 Å². The average Bonchev–Trinajstić information content (AvgIpc) is 3.16. The van der Waals surface area contributed by atoms with E-state index in [4.69, 9.17) is 9.15 Å². The highest BCUT2D eigenvalue weighted by molar-refractivity contribution is 7.99. The fourth-order valence-electron chi connectivity index (χ4n) is 3.10. The van der Waals surface area contributed by atoms with E-state index in [0.29, 0.717) is 11.3 Å². The minimum Gasteiger partial charge on any atom is -0.497 e. The summed E-state index contributed by atoms with van der Waals surface area (Å²) in [5.41, 5.74) is 0.653. The van der Waals surface area contributed by atoms with E-state index >= 15 is 0 Å². The molecular formula is C18H24N2O4S2. The fourth-order valence-corrected chi connectivity index (χ4v) is 5.29. The van der Waals surface area contributed by atoms with Gasteiger partial charge in [0.15, 0.2) is 0 Å². The van der Waals surface area contributed by atoms with Gasteiger partial charge >= 0.3 is 0 Å². The van der Waals surface area contributed by atoms with E-state index in [1.54, 1.807) is 38.5 Å². The lowest BCUT2D eigenvalue weighted by Gasteiger charge is -2.33. The molecule has 0 unspecified atom stereocenters. The van der Waals surface area contributed by atoms with Crippen LogP contribution in [-0.4, -0.2) is 51.6 Å². The minimum atomic E-state index is -3.62. The van der Waals surface area contributed by atoms with Gasteiger partial charge in [-0.1, -0.05) is 0 Å². The van der Waals surface area contributed by atoms with Crippen LogP contribution in [-0.2, 0) is 10.0 Å². The van der Waals surface area contributed by atoms with E-state index in [-0.39, 0.29) is 17.5 Å². The van der Waals surface area contributed by atoms with Crippen molar-refractivity contribution in [2.24, 2.45) is 0 Å². The van der Waals surface area contributed by atoms with Crippen molar-refractivity contribution in [1.29, 1.82) is 0 Å². The van der Waals surface area contributed by atoms with Crippen LogP contribution in [0.5, 0.6) is 5.75 Å². The van der Waals surface area contributed by atoms with Crippen molar-refractivity contribution in [3.05, 3.63) is 47.9 Å². The van der Waals surface area contributed by atoms with E-state index in [1.165, 1.54) is 0 Å². The summed E-state index contributed by atoms with van der Waals surface area (Å²) in [5.74, 6) is 3.51. The summed E-state index contributed by atoms with van der Waals surface area (Å²) in [6.45, 7) is 3.87. The SMILES string of the molecule is COc1ccc(S(=O)(=O)NC[C@H](c2ccco2)N2CCSCC2)c(C)c1. The van der Waals surface area contributed by atoms with Crippen molar-refractivity contribution in [3.8, 4) is 5.75 Å². The number of nitrogens with zero attached hydrogens (tertiary/aromatic N) is 1. The molecule has 1 aliphatic heterocycles. The Morgan fingerprint density at radius 2 is 2.08 bits per heavy atom. The van der Waals surface area contributed by atoms with Gasteiger partial charge in [0.2, 0.25) is 10.0 Å². The number of benzene rings is 1. The maximum Gasteiger partial charge on any atom is 0.240 e. The Morgan fingerprint density at radius 1 is 1.31 bits per heavy atom. The first kappa shape index (κ1) is 19.3. The molecular weight excluding hydrogens is 372 g/mol. The molecule has 6 nitrogen and oxygen atoms in total. The van der Waals surface area contributed by atoms with Crippen molar-refractivity contribution < 1.29 is 17.6 Å². The number of thioether (sulfide) groups is 1. The Hall–Kier alpha value is -1.48. The van der Waals surface area contributed by atoms with Gasteiger partial charge < -0.3 is 9.15 Å². The number of rotatable bonds is 7. The number of sulfonamides is 1. The first-order chi connectivity index (χ1) is 12.5. The van der Waals surface area contributed by atoms with Crippen LogP contribution < -0.4 is 9.46 Å². The summed E-state index contributed by atoms with van der Waals surface area (Å²) in [7, 11) is -2.06. The molecule has 2 aromatic rings. The summed E-state index contributed by atoms with van der Waals surface area (Å²) in [4.78, 5) is 2.55. The van der Waals surface area contributed by atoms with E-state index < -0.39 is 10.0 Å². The van der Waals surface area contributed by atoms with Crippen LogP contribution in [0.25, 0.3) is 0 Å². The van der Waals surface area contributed by atoms with E-state index in [1.807, 2.05) is 23.9 Å². The van der Waals surface area contributed by atoms with Crippen LogP contribution in [0, 0.1) is 6.92 Å². The van der Waals surface area contributed by atoms with Gasteiger partial charge in [0, 0.05) is 31.1 Å². The molecule has 26 heavy (non-hydrogen) atoms. The predicted octanol–water partition coefficient (Wildman–Crippen LogP) is 2.67. The fraction of sp³-hybridized carbons (Fsp3) is 0.444. The molecule has 0 aliphatic carbocycles. The highest BCUT2D eigenvalue weighted by atomic mass is 32.2. The molecule has 0 amide bonds. The first-order valence-corrected chi connectivity index (χ1v) is 11.1. The van der Waals surface area contributed by atoms with Crippen molar-refractivity contribution in [1.82, 2.24) is 9.62 Å². The Bertz CT molecular complexity index is 816. The van der Waals surface area contributed by atoms with Crippen LogP contribution in [0.15, 0.2) is 45.9 Å². The molecule has 2 heterocycles. The monoisotopic (exact) mass is 396 g/mol. The zero-order valence-corrected chi connectivity index (χ0v) is 16.6. The summed E-state index contributed by atoms with van der Waals surface area (Å²) in [5, 5.41) is 0. The van der Waals surface area contributed by atoms with Gasteiger partial charge in [-0.15, -0.1) is 0 Å². The second kappa shape index (κ2) is 8.47. The van der Waals surface area contributed by atoms with Gasteiger partial charge in [0.1, 0.15) is 11.5 Å². The number of hydrogen-bond acceptors (Lipinski definition) is 6. The van der Waals surface area contributed by atoms with Gasteiger partial charge in [-0.2, -0.15) is 11.8 Å². The largest absolute Gasteiger partial charge is 0.497 e. The lowest BCUT2D eigenvalue weighted by Crippen LogP contribution is -2.42. The third kappa shape index (κ3) is 4.43. The molecule has 142 valence electrons. The summed E-state index contributed by atoms with van der Waals surface area (Å²) in [6.07, 6.45) is 1.63. The first-order valence-electron chi connectivity index (χ1n) is 8.51. The Morgan fingerprint density at radius 3 is 2.69 bits per heavy atom. The number of nitrogens with one attached hydrogen (secondary N) is 1. The predicted molar refractivity (Wildman–Crippen MR) is 103 cm³/mol. The summed E-state index contributed by atoms with van der Waals surface area (Å²) in [6, 6.07) is 8.59. The molecule has 0 bridgehead atoms. The van der Waals surface area contributed by atoms with Gasteiger partial charge in [-0.3, -0.25) is 4.90 Å². The maximum absolute atomic E-state index is 12.8. The maximum atomic E-state index is 12.8. The molecule has 8 heteroatoms. The number of hydrogen-bond donors (Lipinski definition) is 1. The molecule has 1 saturated heterocycles. The molecule has 1 aliphatic rings. The van der Waals surface area contributed by atoms with Crippen LogP contribution >= 0.6 is 11.8 Å². The second-order valence-electron chi connectivity index (χ2n) is 6.16. The summed E-state index contributed by atoms with van der Waals surface area (Å²) >= 11 is 1.92. The molecule has 0 radical (unpaired) electrons. The molecule has 0 saturated carbocycles. The highest BCUT2D eigenvalue weighted by Gasteiger charge is 2.27. The Labute approximate surface area is 159 Å². The Balaban J connectivity index is 1.77. The van der Waals surface area contributed by atoms with E-state index in [2.05, 4.69) is 9.62 Å². The molecule has 3 rings (SSSR count). The zero-order chi connectivity index (χ0) is 18.6. The number of furan rings is 1. The van der Waals surface area contributed by atoms with Crippen LogP contribution in [0.4, 0.5) is 0 Å². The highest BCUT2D eigenvalue weighted by Crippen LogP contribution is 2.26. The molecule has 1 fully saturated rings. The van der Waals surface area contributed by atoms with E-state index in [9.17, 15) is 8.42 Å². The standard InChI is InChI=1S/C18H24N2O4S2/c1-14-12-15(23-2)5-6-18(14)26(21,22)19-13-16(17-4-3-9-24-17)20-7-10-25-11-8-20/h3-6,9,12,16,19H,7-8,10-11,13H2,1-2H3/t16-/m1/s1. The molecule has 1 atom stereocenters. The normalized spacial score (nSPS) is 17.2. The smallest absolute Gasteiger partial charge is 0.240 e. The van der Waals surface area contributed by atoms with Crippen LogP contribution in [0.2, 0.25) is 0 Å². The minimum absolute atomic E-state index is 0.112. The van der Waals surface area contributed by atoms with Gasteiger partial charge in [-0.25, -0.2) is 13.1 Å². The third-order valence-corrected chi connectivity index (χ3v) is 7.02. The van der Waals surface area contributed by atoms with Crippen LogP contribution in [0.1, 0.15) is 17.4 Å². The van der Waals surface area contributed by atoms with Gasteiger partial charge in [-0.05, 0) is 42.8 Å². The molecule has 1 aromatic carbocycles. The lowest BCUT2D eigenvalue weighted by atomic mass is 10.2. The molecule has 1 N–H and O–H groups in total. The number of ether oxygens (including phenoxy) is 1. The lowest BCUT2D eigenvalue weighted by molar-refractivity contribution is 0.193. The van der Waals surface area contributed by atoms with E-state index in [0.717, 1.165) is 30.4 Å². The number of methoxy groups -OCH3 is 1. The van der Waals surface area contributed by atoms with Gasteiger partial charge in [0.25, 0.3) is 0 Å². The Kier molecular flexibility index (Phi) is 6.29. The quantitative estimate of drug-likeness (QED) is 0.776. The molecule has 0 spiro atoms. The van der Waals surface area contributed by atoms with Crippen LogP contribution in [0.3, 0.4) is 0 Å². The second-order valence-corrected chi connectivity index (χ2v) is 9.12. The topological polar surface area (TPSA) is 71.8 Å². The number of aryl methyl sites for hydroxylation is 1. The summed E-state index contributed by atoms with van der Waals surface area (Å²) < 4.78 is 39.1. The van der Waals surface area contributed by atoms with Crippen molar-refractivity contribution in [3.63, 3.8) is 0 Å². The van der Waals surface area contributed by atoms with Crippen molar-refractivity contribution in [2.45, 2.75) is 17.9 Å². The van der Waals surface area contributed by atoms with Crippen molar-refractivity contribution in [2.75, 3.05) is 38.2 Å². The third-order valence-electron chi connectivity index (χ3n) is 4.50.